The van der Waals surface area contributed by atoms with Gasteiger partial charge in [0.25, 0.3) is 0 Å². The molecule has 2 saturated heterocycles. The zero-order valence-electron chi connectivity index (χ0n) is 9.98. The lowest BCUT2D eigenvalue weighted by Gasteiger charge is -2.32. The van der Waals surface area contributed by atoms with E-state index in [-0.39, 0.29) is 25.6 Å². The maximum absolute atomic E-state index is 13.1. The highest BCUT2D eigenvalue weighted by molar-refractivity contribution is 7.99. The largest absolute Gasteiger partial charge is 0.404 e. The maximum atomic E-state index is 13.1. The summed E-state index contributed by atoms with van der Waals surface area (Å²) in [4.78, 5) is 12.0. The van der Waals surface area contributed by atoms with E-state index in [2.05, 4.69) is 10.6 Å². The van der Waals surface area contributed by atoms with Crippen LogP contribution in [0.1, 0.15) is 19.3 Å². The Balaban J connectivity index is 2.04. The van der Waals surface area contributed by atoms with Gasteiger partial charge in [-0.3, -0.25) is 4.79 Å². The van der Waals surface area contributed by atoms with Crippen molar-refractivity contribution in [2.75, 3.05) is 24.6 Å². The van der Waals surface area contributed by atoms with E-state index < -0.39 is 17.5 Å². The van der Waals surface area contributed by atoms with Crippen LogP contribution in [0.4, 0.5) is 13.2 Å². The minimum absolute atomic E-state index is 0.0985. The Morgan fingerprint density at radius 2 is 2.00 bits per heavy atom. The predicted molar refractivity (Wildman–Crippen MR) is 64.5 cm³/mol. The predicted octanol–water partition coefficient (Wildman–Crippen LogP) is 1.54. The lowest BCUT2D eigenvalue weighted by Crippen LogP contribution is -2.54. The third-order valence-corrected chi connectivity index (χ3v) is 4.74. The highest BCUT2D eigenvalue weighted by Crippen LogP contribution is 2.43. The molecule has 1 atom stereocenters. The molecule has 0 aromatic heterocycles. The molecule has 1 amide bonds. The number of alkyl halides is 3. The summed E-state index contributed by atoms with van der Waals surface area (Å²) >= 11 is 1.78. The van der Waals surface area contributed by atoms with Crippen LogP contribution in [-0.2, 0) is 4.79 Å². The molecule has 2 heterocycles. The molecule has 2 N–H and O–H groups in total. The van der Waals surface area contributed by atoms with Crippen LogP contribution in [0.2, 0.25) is 0 Å². The molecule has 104 valence electrons. The van der Waals surface area contributed by atoms with Crippen molar-refractivity contribution in [3.05, 3.63) is 0 Å². The molecule has 2 rings (SSSR count). The SMILES string of the molecule is O=C(NC1CCSCC1)C1(C(F)(F)F)CCNC1. The second-order valence-corrected chi connectivity index (χ2v) is 6.09. The van der Waals surface area contributed by atoms with Crippen molar-refractivity contribution in [1.82, 2.24) is 10.6 Å². The minimum Gasteiger partial charge on any atom is -0.352 e. The lowest BCUT2D eigenvalue weighted by atomic mass is 9.84. The number of hydrogen-bond donors (Lipinski definition) is 2. The minimum atomic E-state index is -4.48. The number of thioether (sulfide) groups is 1. The summed E-state index contributed by atoms with van der Waals surface area (Å²) in [6, 6.07) is -0.0985. The second-order valence-electron chi connectivity index (χ2n) is 4.87. The summed E-state index contributed by atoms with van der Waals surface area (Å²) in [5.74, 6) is 0.960. The van der Waals surface area contributed by atoms with Gasteiger partial charge in [-0.15, -0.1) is 0 Å². The smallest absolute Gasteiger partial charge is 0.352 e. The van der Waals surface area contributed by atoms with E-state index in [1.807, 2.05) is 0 Å². The van der Waals surface area contributed by atoms with E-state index in [9.17, 15) is 18.0 Å². The summed E-state index contributed by atoms with van der Waals surface area (Å²) in [5.41, 5.74) is -2.22. The van der Waals surface area contributed by atoms with Crippen LogP contribution in [0.5, 0.6) is 0 Å². The third kappa shape index (κ3) is 2.61. The molecule has 0 radical (unpaired) electrons. The van der Waals surface area contributed by atoms with E-state index in [1.54, 1.807) is 11.8 Å². The van der Waals surface area contributed by atoms with Crippen LogP contribution in [0.15, 0.2) is 0 Å². The molecule has 0 spiro atoms. The molecule has 0 bridgehead atoms. The summed E-state index contributed by atoms with van der Waals surface area (Å²) < 4.78 is 39.3. The number of amides is 1. The molecular formula is C11H17F3N2OS. The van der Waals surface area contributed by atoms with Gasteiger partial charge in [-0.25, -0.2) is 0 Å². The van der Waals surface area contributed by atoms with Crippen molar-refractivity contribution in [2.24, 2.45) is 5.41 Å². The van der Waals surface area contributed by atoms with Crippen LogP contribution >= 0.6 is 11.8 Å². The Morgan fingerprint density at radius 1 is 1.33 bits per heavy atom. The van der Waals surface area contributed by atoms with E-state index >= 15 is 0 Å². The van der Waals surface area contributed by atoms with Crippen molar-refractivity contribution in [2.45, 2.75) is 31.5 Å². The number of rotatable bonds is 2. The monoisotopic (exact) mass is 282 g/mol. The molecule has 0 aromatic carbocycles. The Morgan fingerprint density at radius 3 is 2.50 bits per heavy atom. The van der Waals surface area contributed by atoms with Crippen molar-refractivity contribution >= 4 is 17.7 Å². The summed E-state index contributed by atoms with van der Waals surface area (Å²) in [7, 11) is 0. The summed E-state index contributed by atoms with van der Waals surface area (Å²) in [5, 5.41) is 5.25. The van der Waals surface area contributed by atoms with E-state index in [0.29, 0.717) is 0 Å². The molecular weight excluding hydrogens is 265 g/mol. The van der Waals surface area contributed by atoms with Crippen LogP contribution in [0, 0.1) is 5.41 Å². The maximum Gasteiger partial charge on any atom is 0.404 e. The first-order chi connectivity index (χ1) is 8.46. The van der Waals surface area contributed by atoms with Gasteiger partial charge < -0.3 is 10.6 Å². The first kappa shape index (κ1) is 14.0. The number of nitrogens with one attached hydrogen (secondary N) is 2. The fraction of sp³-hybridized carbons (Fsp3) is 0.909. The van der Waals surface area contributed by atoms with Crippen molar-refractivity contribution in [3.63, 3.8) is 0 Å². The van der Waals surface area contributed by atoms with Crippen LogP contribution in [0.25, 0.3) is 0 Å². The molecule has 2 aliphatic heterocycles. The van der Waals surface area contributed by atoms with Crippen molar-refractivity contribution in [1.29, 1.82) is 0 Å². The zero-order valence-corrected chi connectivity index (χ0v) is 10.8. The molecule has 0 aliphatic carbocycles. The normalized spacial score (nSPS) is 30.4. The Bertz CT molecular complexity index is 310. The molecule has 18 heavy (non-hydrogen) atoms. The fourth-order valence-corrected chi connectivity index (χ4v) is 3.53. The van der Waals surface area contributed by atoms with E-state index in [1.165, 1.54) is 0 Å². The highest BCUT2D eigenvalue weighted by atomic mass is 32.2. The zero-order chi connectivity index (χ0) is 13.2. The molecule has 2 fully saturated rings. The topological polar surface area (TPSA) is 41.1 Å². The van der Waals surface area contributed by atoms with Gasteiger partial charge in [0.2, 0.25) is 5.91 Å². The first-order valence-electron chi connectivity index (χ1n) is 6.12. The van der Waals surface area contributed by atoms with Gasteiger partial charge in [0.15, 0.2) is 5.41 Å². The third-order valence-electron chi connectivity index (χ3n) is 3.69. The summed E-state index contributed by atoms with van der Waals surface area (Å²) in [6.07, 6.45) is -3.12. The van der Waals surface area contributed by atoms with Gasteiger partial charge in [0, 0.05) is 12.6 Å². The van der Waals surface area contributed by atoms with Crippen LogP contribution in [-0.4, -0.2) is 42.7 Å². The second kappa shape index (κ2) is 5.28. The number of carbonyl (C=O) groups excluding carboxylic acids is 1. The molecule has 7 heteroatoms. The van der Waals surface area contributed by atoms with Gasteiger partial charge >= 0.3 is 6.18 Å². The summed E-state index contributed by atoms with van der Waals surface area (Å²) in [6.45, 7) is -0.0583. The van der Waals surface area contributed by atoms with E-state index in [4.69, 9.17) is 0 Å². The molecule has 0 aromatic rings. The van der Waals surface area contributed by atoms with E-state index in [0.717, 1.165) is 24.3 Å². The Hall–Kier alpha value is -0.430. The van der Waals surface area contributed by atoms with Crippen LogP contribution in [0.3, 0.4) is 0 Å². The van der Waals surface area contributed by atoms with Crippen LogP contribution < -0.4 is 10.6 Å². The number of carbonyl (C=O) groups is 1. The Kier molecular flexibility index (Phi) is 4.11. The standard InChI is InChI=1S/C11H17F3N2OS/c12-11(13,14)10(3-4-15-7-10)9(17)16-8-1-5-18-6-2-8/h8,15H,1-7H2,(H,16,17). The van der Waals surface area contributed by atoms with Gasteiger partial charge in [0.05, 0.1) is 0 Å². The number of halogens is 3. The van der Waals surface area contributed by atoms with Crippen molar-refractivity contribution in [3.8, 4) is 0 Å². The number of hydrogen-bond acceptors (Lipinski definition) is 3. The molecule has 2 aliphatic rings. The average molecular weight is 282 g/mol. The Labute approximate surface area is 108 Å². The van der Waals surface area contributed by atoms with Gasteiger partial charge in [-0.05, 0) is 37.3 Å². The first-order valence-corrected chi connectivity index (χ1v) is 7.27. The van der Waals surface area contributed by atoms with Crippen molar-refractivity contribution < 1.29 is 18.0 Å². The molecule has 0 saturated carbocycles. The average Bonchev–Trinajstić information content (AvgIpc) is 2.80. The van der Waals surface area contributed by atoms with Gasteiger partial charge in [0.1, 0.15) is 0 Å². The quantitative estimate of drug-likeness (QED) is 0.807. The fourth-order valence-electron chi connectivity index (χ4n) is 2.42. The van der Waals surface area contributed by atoms with Gasteiger partial charge in [-0.2, -0.15) is 24.9 Å². The highest BCUT2D eigenvalue weighted by Gasteiger charge is 2.61. The van der Waals surface area contributed by atoms with Gasteiger partial charge in [-0.1, -0.05) is 0 Å². The molecule has 1 unspecified atom stereocenters. The lowest BCUT2D eigenvalue weighted by molar-refractivity contribution is -0.216. The molecule has 3 nitrogen and oxygen atoms in total.